The standard InChI is InChI=1S/C7H13N.2C5H11N.C4H8N2O.C4H7NO.C4H8O2S.C4H6O2.C3H6N2O.C3H7NO2S/c1-7-3-2-5-8-6-4-7;2*1-2-4-6-5-3-1;7-4-3-5-1-2-6-4;6-4-2-1-3-5-4;5-7(6)3-1-2-4-7;5-4-2-1-3-6-4;6-3-4-1-2-5-3;5-7(6)3-1-2-4-7/h8H,1-6H2;2*6H,1-5H2;5H,1-3H2,(H,6,7);1-3H2,(H,5,6);1-4H2;1-3H2;1-2H2,(H2,4,5,6);4H,1-3H2. The molecule has 9 fully saturated rings. The number of sulfone groups is 1. The molecule has 9 rings (SSSR count). The molecule has 9 saturated heterocycles. The summed E-state index contributed by atoms with van der Waals surface area (Å²) in [5.74, 6) is 1.42. The van der Waals surface area contributed by atoms with Crippen LogP contribution in [0.25, 0.3) is 0 Å². The lowest BCUT2D eigenvalue weighted by Crippen LogP contribution is -2.44. The second kappa shape index (κ2) is 35.8. The largest absolute Gasteiger partial charge is 0.466 e. The molecule has 344 valence electrons. The molecule has 0 saturated carbocycles. The van der Waals surface area contributed by atoms with E-state index in [9.17, 15) is 36.0 Å². The molecule has 9 heterocycles. The number of rotatable bonds is 0. The third-order valence-electron chi connectivity index (χ3n) is 9.32. The predicted octanol–water partition coefficient (Wildman–Crippen LogP) is 0.565. The van der Waals surface area contributed by atoms with E-state index < -0.39 is 19.9 Å². The number of cyclic esters (lactones) is 1. The van der Waals surface area contributed by atoms with Crippen molar-refractivity contribution in [2.45, 2.75) is 103 Å². The number of sulfonamides is 1. The summed E-state index contributed by atoms with van der Waals surface area (Å²) in [5, 5.41) is 23.3. The van der Waals surface area contributed by atoms with E-state index in [1.165, 1.54) is 96.1 Å². The van der Waals surface area contributed by atoms with E-state index in [-0.39, 0.29) is 23.8 Å². The highest BCUT2D eigenvalue weighted by Crippen LogP contribution is 2.09. The van der Waals surface area contributed by atoms with Crippen molar-refractivity contribution < 1.29 is 40.8 Å². The Bertz CT molecular complexity index is 1190. The fourth-order valence-corrected chi connectivity index (χ4v) is 8.52. The maximum Gasteiger partial charge on any atom is 0.314 e. The van der Waals surface area contributed by atoms with Gasteiger partial charge in [0, 0.05) is 52.1 Å². The summed E-state index contributed by atoms with van der Waals surface area (Å²) < 4.78 is 48.4. The minimum Gasteiger partial charge on any atom is -0.466 e. The molecule has 0 aromatic rings. The van der Waals surface area contributed by atoms with Crippen molar-refractivity contribution in [2.24, 2.45) is 0 Å². The van der Waals surface area contributed by atoms with Crippen LogP contribution in [0.4, 0.5) is 4.79 Å². The molecule has 59 heavy (non-hydrogen) atoms. The number of nitrogens with one attached hydrogen (secondary N) is 9. The average Bonchev–Trinajstić information content (AvgIpc) is 4.12. The van der Waals surface area contributed by atoms with Crippen molar-refractivity contribution in [2.75, 3.05) is 109 Å². The Morgan fingerprint density at radius 3 is 1.25 bits per heavy atom. The lowest BCUT2D eigenvalue weighted by Gasteiger charge is -2.11. The molecule has 0 radical (unpaired) electrons. The summed E-state index contributed by atoms with van der Waals surface area (Å²) >= 11 is 0. The molecule has 0 unspecified atom stereocenters. The minimum absolute atomic E-state index is 0.0463. The first-order valence-corrected chi connectivity index (χ1v) is 25.2. The predicted molar refractivity (Wildman–Crippen MR) is 233 cm³/mol. The Morgan fingerprint density at radius 1 is 0.441 bits per heavy atom. The van der Waals surface area contributed by atoms with E-state index in [1.807, 2.05) is 0 Å². The van der Waals surface area contributed by atoms with Crippen molar-refractivity contribution in [3.63, 3.8) is 0 Å². The number of carbonyl (C=O) groups is 4. The van der Waals surface area contributed by atoms with Gasteiger partial charge >= 0.3 is 12.0 Å². The Morgan fingerprint density at radius 2 is 1.00 bits per heavy atom. The molecule has 18 nitrogen and oxygen atoms in total. The number of ether oxygens (including phenoxy) is 1. The first kappa shape index (κ1) is 54.1. The molecule has 9 N–H and O–H groups in total. The molecule has 0 aliphatic carbocycles. The third kappa shape index (κ3) is 36.7. The van der Waals surface area contributed by atoms with Crippen molar-refractivity contribution in [1.82, 2.24) is 47.3 Å². The van der Waals surface area contributed by atoms with Crippen LogP contribution in [0.15, 0.2) is 12.2 Å². The van der Waals surface area contributed by atoms with Crippen LogP contribution in [0.3, 0.4) is 0 Å². The maximum absolute atomic E-state index is 10.4. The number of esters is 1. The maximum atomic E-state index is 10.4. The van der Waals surface area contributed by atoms with Crippen LogP contribution < -0.4 is 47.3 Å². The highest BCUT2D eigenvalue weighted by Gasteiger charge is 2.16. The van der Waals surface area contributed by atoms with E-state index in [1.54, 1.807) is 0 Å². The molecule has 9 aliphatic rings. The summed E-state index contributed by atoms with van der Waals surface area (Å²) in [4.78, 5) is 40.5. The Hall–Kier alpha value is -2.88. The zero-order valence-corrected chi connectivity index (χ0v) is 37.2. The van der Waals surface area contributed by atoms with Gasteiger partial charge in [0.15, 0.2) is 0 Å². The molecule has 4 amide bonds. The van der Waals surface area contributed by atoms with Crippen molar-refractivity contribution in [3.8, 4) is 0 Å². The van der Waals surface area contributed by atoms with E-state index in [0.29, 0.717) is 43.4 Å². The fraction of sp³-hybridized carbons (Fsp3) is 0.846. The van der Waals surface area contributed by atoms with Gasteiger partial charge in [0.05, 0.1) is 30.4 Å². The summed E-state index contributed by atoms with van der Waals surface area (Å²) in [5.41, 5.74) is 1.41. The molecular formula is C39H77N9O9S2. The van der Waals surface area contributed by atoms with Gasteiger partial charge in [-0.05, 0) is 116 Å². The van der Waals surface area contributed by atoms with Crippen LogP contribution in [-0.2, 0) is 39.0 Å². The molecule has 0 atom stereocenters. The summed E-state index contributed by atoms with van der Waals surface area (Å²) in [7, 11) is -5.34. The lowest BCUT2D eigenvalue weighted by atomic mass is 10.1. The number of urea groups is 1. The Balaban J connectivity index is 0.000000332. The third-order valence-corrected chi connectivity index (χ3v) is 12.6. The number of piperidine rings is 2. The van der Waals surface area contributed by atoms with E-state index in [2.05, 4.69) is 58.6 Å². The second-order valence-corrected chi connectivity index (χ2v) is 19.1. The van der Waals surface area contributed by atoms with Gasteiger partial charge in [-0.15, -0.1) is 0 Å². The van der Waals surface area contributed by atoms with E-state index >= 15 is 0 Å². The van der Waals surface area contributed by atoms with E-state index in [4.69, 9.17) is 0 Å². The monoisotopic (exact) mass is 880 g/mol. The Labute approximate surface area is 354 Å². The van der Waals surface area contributed by atoms with Crippen LogP contribution in [0.1, 0.15) is 103 Å². The van der Waals surface area contributed by atoms with Gasteiger partial charge in [0.2, 0.25) is 21.8 Å². The lowest BCUT2D eigenvalue weighted by molar-refractivity contribution is -0.138. The number of carbonyl (C=O) groups excluding carboxylic acids is 4. The molecule has 9 aliphatic heterocycles. The van der Waals surface area contributed by atoms with Crippen molar-refractivity contribution >= 4 is 43.7 Å². The average molecular weight is 880 g/mol. The minimum atomic E-state index is -2.80. The van der Waals surface area contributed by atoms with Crippen molar-refractivity contribution in [1.29, 1.82) is 0 Å². The molecule has 0 aromatic heterocycles. The van der Waals surface area contributed by atoms with Gasteiger partial charge in [-0.25, -0.2) is 26.4 Å². The summed E-state index contributed by atoms with van der Waals surface area (Å²) in [6.45, 7) is 17.1. The van der Waals surface area contributed by atoms with Gasteiger partial charge < -0.3 is 47.3 Å². The second-order valence-electron chi connectivity index (χ2n) is 14.9. The summed E-state index contributed by atoms with van der Waals surface area (Å²) in [6.07, 6.45) is 17.9. The molecule has 0 bridgehead atoms. The van der Waals surface area contributed by atoms with Gasteiger partial charge in [-0.2, -0.15) is 0 Å². The Kier molecular flexibility index (Phi) is 32.9. The molecule has 0 spiro atoms. The topological polar surface area (TPSA) is 254 Å². The van der Waals surface area contributed by atoms with Gasteiger partial charge in [0.1, 0.15) is 9.84 Å². The number of hydrogen-bond acceptors (Lipinski definition) is 13. The van der Waals surface area contributed by atoms with E-state index in [0.717, 1.165) is 77.8 Å². The number of piperazine rings is 1. The molecule has 0 aromatic carbocycles. The molecule has 20 heteroatoms. The van der Waals surface area contributed by atoms with Crippen LogP contribution >= 0.6 is 0 Å². The number of hydrogen-bond donors (Lipinski definition) is 9. The molecular weight excluding hydrogens is 803 g/mol. The first-order valence-electron chi connectivity index (χ1n) is 21.8. The SMILES string of the molecule is C1CCNCC1.C1CCNCC1.C=C1CCCNCC1.O=C1CCCN1.O=C1CCCO1.O=C1CNCCN1.O=C1NCCN1.O=S1(=O)CCCC1.O=S1(=O)CCCN1. The smallest absolute Gasteiger partial charge is 0.314 e. The zero-order chi connectivity index (χ0) is 43.3. The van der Waals surface area contributed by atoms with Crippen LogP contribution in [0.2, 0.25) is 0 Å². The van der Waals surface area contributed by atoms with Crippen LogP contribution in [0, 0.1) is 0 Å². The summed E-state index contributed by atoms with van der Waals surface area (Å²) in [6, 6.07) is -0.0463. The quantitative estimate of drug-likeness (QED) is 0.119. The van der Waals surface area contributed by atoms with Gasteiger partial charge in [-0.3, -0.25) is 14.4 Å². The highest BCUT2D eigenvalue weighted by atomic mass is 32.2. The number of amides is 4. The van der Waals surface area contributed by atoms with Crippen molar-refractivity contribution in [3.05, 3.63) is 12.2 Å². The van der Waals surface area contributed by atoms with Crippen LogP contribution in [0.5, 0.6) is 0 Å². The fourth-order valence-electron chi connectivity index (χ4n) is 5.90. The highest BCUT2D eigenvalue weighted by molar-refractivity contribution is 7.91. The zero-order valence-electron chi connectivity index (χ0n) is 35.5. The van der Waals surface area contributed by atoms with Gasteiger partial charge in [-0.1, -0.05) is 25.0 Å². The first-order chi connectivity index (χ1) is 28.4. The van der Waals surface area contributed by atoms with Crippen LogP contribution in [-0.4, -0.2) is 150 Å². The normalized spacial score (nSPS) is 23.4. The van der Waals surface area contributed by atoms with Gasteiger partial charge in [0.25, 0.3) is 0 Å².